The fourth-order valence-electron chi connectivity index (χ4n) is 4.50. The van der Waals surface area contributed by atoms with Gasteiger partial charge in [-0.1, -0.05) is 32.0 Å². The van der Waals surface area contributed by atoms with E-state index in [1.807, 2.05) is 24.3 Å². The predicted molar refractivity (Wildman–Crippen MR) is 109 cm³/mol. The van der Waals surface area contributed by atoms with Gasteiger partial charge in [0, 0.05) is 18.7 Å². The Hall–Kier alpha value is -3.02. The molecule has 2 atom stereocenters. The molecule has 1 saturated heterocycles. The number of likely N-dealkylation sites (tertiary alicyclic amines) is 1. The van der Waals surface area contributed by atoms with Gasteiger partial charge < -0.3 is 14.1 Å². The van der Waals surface area contributed by atoms with Crippen LogP contribution in [0.25, 0.3) is 5.57 Å². The van der Waals surface area contributed by atoms with E-state index in [1.165, 1.54) is 4.90 Å². The molecule has 2 aromatic rings. The second-order valence-corrected chi connectivity index (χ2v) is 8.05. The van der Waals surface area contributed by atoms with Gasteiger partial charge in [0.05, 0.1) is 25.5 Å². The topological polar surface area (TPSA) is 63.0 Å². The van der Waals surface area contributed by atoms with Crippen LogP contribution in [0.3, 0.4) is 0 Å². The first kappa shape index (κ1) is 19.3. The molecule has 152 valence electrons. The normalized spacial score (nSPS) is 22.6. The van der Waals surface area contributed by atoms with Crippen LogP contribution >= 0.6 is 0 Å². The third kappa shape index (κ3) is 3.55. The molecule has 0 spiro atoms. The van der Waals surface area contributed by atoms with Crippen molar-refractivity contribution in [3.05, 3.63) is 59.7 Å². The summed E-state index contributed by atoms with van der Waals surface area (Å²) >= 11 is 0. The number of benzene rings is 1. The number of para-hydroxylation sites is 1. The number of hydrogen-bond donors (Lipinski definition) is 0. The molecule has 4 rings (SSSR count). The van der Waals surface area contributed by atoms with Crippen LogP contribution < -0.4 is 4.74 Å². The lowest BCUT2D eigenvalue weighted by molar-refractivity contribution is -0.138. The van der Waals surface area contributed by atoms with Crippen LogP contribution in [0.1, 0.15) is 31.6 Å². The van der Waals surface area contributed by atoms with Crippen molar-refractivity contribution in [1.82, 2.24) is 9.80 Å². The van der Waals surface area contributed by atoms with Crippen LogP contribution in [-0.4, -0.2) is 41.8 Å². The van der Waals surface area contributed by atoms with Gasteiger partial charge in [0.25, 0.3) is 11.8 Å². The van der Waals surface area contributed by atoms with E-state index in [0.717, 1.165) is 19.5 Å². The van der Waals surface area contributed by atoms with Gasteiger partial charge in [-0.15, -0.1) is 0 Å². The molecule has 0 radical (unpaired) electrons. The highest BCUT2D eigenvalue weighted by Crippen LogP contribution is 2.38. The third-order valence-corrected chi connectivity index (χ3v) is 5.60. The first-order chi connectivity index (χ1) is 14.0. The van der Waals surface area contributed by atoms with Crippen molar-refractivity contribution in [3.8, 4) is 5.75 Å². The Balaban J connectivity index is 1.80. The molecule has 29 heavy (non-hydrogen) atoms. The molecule has 1 fully saturated rings. The summed E-state index contributed by atoms with van der Waals surface area (Å²) in [5.41, 5.74) is 1.54. The molecule has 2 amide bonds. The predicted octanol–water partition coefficient (Wildman–Crippen LogP) is 3.55. The highest BCUT2D eigenvalue weighted by Gasteiger charge is 2.43. The van der Waals surface area contributed by atoms with E-state index in [-0.39, 0.29) is 18.4 Å². The van der Waals surface area contributed by atoms with Gasteiger partial charge in [0.15, 0.2) is 0 Å². The highest BCUT2D eigenvalue weighted by atomic mass is 16.5. The number of methoxy groups -OCH3 is 1. The first-order valence-corrected chi connectivity index (χ1v) is 10.0. The molecule has 3 heterocycles. The molecule has 2 aliphatic rings. The highest BCUT2D eigenvalue weighted by molar-refractivity contribution is 6.35. The summed E-state index contributed by atoms with van der Waals surface area (Å²) in [6, 6.07) is 10.9. The summed E-state index contributed by atoms with van der Waals surface area (Å²) in [5, 5.41) is 0. The third-order valence-electron chi connectivity index (χ3n) is 5.60. The van der Waals surface area contributed by atoms with Crippen molar-refractivity contribution in [2.24, 2.45) is 11.8 Å². The van der Waals surface area contributed by atoms with Gasteiger partial charge in [-0.05, 0) is 36.5 Å². The summed E-state index contributed by atoms with van der Waals surface area (Å²) in [4.78, 5) is 30.3. The van der Waals surface area contributed by atoms with Crippen LogP contribution in [0.5, 0.6) is 5.75 Å². The Bertz CT molecular complexity index is 938. The number of furan rings is 1. The molecule has 6 nitrogen and oxygen atoms in total. The zero-order valence-electron chi connectivity index (χ0n) is 17.1. The van der Waals surface area contributed by atoms with Crippen molar-refractivity contribution in [2.75, 3.05) is 20.2 Å². The summed E-state index contributed by atoms with van der Waals surface area (Å²) in [5.74, 6) is 1.48. The van der Waals surface area contributed by atoms with Crippen molar-refractivity contribution in [3.63, 3.8) is 0 Å². The smallest absolute Gasteiger partial charge is 0.278 e. The van der Waals surface area contributed by atoms with Gasteiger partial charge in [-0.25, -0.2) is 0 Å². The fraction of sp³-hybridized carbons (Fsp3) is 0.391. The van der Waals surface area contributed by atoms with E-state index in [1.54, 1.807) is 25.5 Å². The maximum Gasteiger partial charge on any atom is 0.278 e. The lowest BCUT2D eigenvalue weighted by Gasteiger charge is -2.37. The number of nitrogens with zero attached hydrogens (tertiary/aromatic N) is 2. The van der Waals surface area contributed by atoms with Crippen LogP contribution in [0.15, 0.2) is 52.8 Å². The van der Waals surface area contributed by atoms with Crippen LogP contribution in [-0.2, 0) is 16.1 Å². The van der Waals surface area contributed by atoms with Crippen molar-refractivity contribution < 1.29 is 18.7 Å². The number of rotatable bonds is 5. The largest absolute Gasteiger partial charge is 0.496 e. The average Bonchev–Trinajstić information content (AvgIpc) is 3.29. The minimum atomic E-state index is -0.309. The molecule has 2 unspecified atom stereocenters. The minimum Gasteiger partial charge on any atom is -0.496 e. The molecule has 0 N–H and O–H groups in total. The van der Waals surface area contributed by atoms with Crippen molar-refractivity contribution in [2.45, 2.75) is 26.8 Å². The summed E-state index contributed by atoms with van der Waals surface area (Å²) in [6.07, 6.45) is 2.66. The van der Waals surface area contributed by atoms with Gasteiger partial charge in [-0.2, -0.15) is 0 Å². The molecule has 1 aromatic carbocycles. The lowest BCUT2D eigenvalue weighted by Crippen LogP contribution is -2.41. The average molecular weight is 394 g/mol. The van der Waals surface area contributed by atoms with Gasteiger partial charge in [0.2, 0.25) is 0 Å². The Morgan fingerprint density at radius 1 is 1.03 bits per heavy atom. The monoisotopic (exact) mass is 394 g/mol. The fourth-order valence-corrected chi connectivity index (χ4v) is 4.50. The molecule has 0 saturated carbocycles. The first-order valence-electron chi connectivity index (χ1n) is 10.0. The summed E-state index contributed by atoms with van der Waals surface area (Å²) < 4.78 is 10.9. The second-order valence-electron chi connectivity index (χ2n) is 8.05. The van der Waals surface area contributed by atoms with E-state index >= 15 is 0 Å². The maximum atomic E-state index is 13.5. The van der Waals surface area contributed by atoms with E-state index in [2.05, 4.69) is 18.7 Å². The molecule has 0 aliphatic carbocycles. The number of amides is 2. The lowest BCUT2D eigenvalue weighted by atomic mass is 9.91. The van der Waals surface area contributed by atoms with Crippen molar-refractivity contribution >= 4 is 17.4 Å². The van der Waals surface area contributed by atoms with Gasteiger partial charge in [0.1, 0.15) is 17.2 Å². The SMILES string of the molecule is COc1ccccc1C1=C(N2CC(C)CC(C)C2)C(=O)N(Cc2ccco2)C1=O. The summed E-state index contributed by atoms with van der Waals surface area (Å²) in [6.45, 7) is 6.01. The van der Waals surface area contributed by atoms with E-state index < -0.39 is 0 Å². The molecule has 2 aliphatic heterocycles. The number of ether oxygens (including phenoxy) is 1. The van der Waals surface area contributed by atoms with Gasteiger partial charge in [-0.3, -0.25) is 14.5 Å². The van der Waals surface area contributed by atoms with E-state index in [0.29, 0.717) is 40.2 Å². The Morgan fingerprint density at radius 3 is 2.41 bits per heavy atom. The van der Waals surface area contributed by atoms with Crippen LogP contribution in [0.2, 0.25) is 0 Å². The number of carbonyl (C=O) groups excluding carboxylic acids is 2. The number of carbonyl (C=O) groups is 2. The van der Waals surface area contributed by atoms with Crippen molar-refractivity contribution in [1.29, 1.82) is 0 Å². The zero-order valence-corrected chi connectivity index (χ0v) is 17.1. The zero-order chi connectivity index (χ0) is 20.5. The number of imide groups is 1. The van der Waals surface area contributed by atoms with E-state index in [9.17, 15) is 9.59 Å². The molecular weight excluding hydrogens is 368 g/mol. The Labute approximate surface area is 170 Å². The standard InChI is InChI=1S/C23H26N2O4/c1-15-11-16(2)13-24(12-15)21-20(18-8-4-5-9-19(18)28-3)22(26)25(23(21)27)14-17-7-6-10-29-17/h4-10,15-16H,11-14H2,1-3H3. The Kier molecular flexibility index (Phi) is 5.18. The quantitative estimate of drug-likeness (QED) is 0.726. The van der Waals surface area contributed by atoms with Crippen LogP contribution in [0, 0.1) is 11.8 Å². The minimum absolute atomic E-state index is 0.117. The van der Waals surface area contributed by atoms with Crippen LogP contribution in [0.4, 0.5) is 0 Å². The second kappa shape index (κ2) is 7.78. The molecule has 0 bridgehead atoms. The number of piperidine rings is 1. The van der Waals surface area contributed by atoms with Gasteiger partial charge >= 0.3 is 0 Å². The molecule has 6 heteroatoms. The Morgan fingerprint density at radius 2 is 1.76 bits per heavy atom. The summed E-state index contributed by atoms with van der Waals surface area (Å²) in [7, 11) is 1.58. The molecule has 1 aromatic heterocycles. The number of hydrogen-bond acceptors (Lipinski definition) is 5. The maximum absolute atomic E-state index is 13.5. The molecular formula is C23H26N2O4. The van der Waals surface area contributed by atoms with E-state index in [4.69, 9.17) is 9.15 Å².